The summed E-state index contributed by atoms with van der Waals surface area (Å²) in [5.41, 5.74) is 2.67. The molecule has 1 aromatic carbocycles. The molecule has 2 aliphatic carbocycles. The lowest BCUT2D eigenvalue weighted by atomic mass is 9.81. The maximum absolute atomic E-state index is 12.8. The first-order valence-electron chi connectivity index (χ1n) is 10.3. The number of hydrogen-bond donors (Lipinski definition) is 1. The van der Waals surface area contributed by atoms with E-state index < -0.39 is 18.5 Å². The van der Waals surface area contributed by atoms with Gasteiger partial charge < -0.3 is 10.1 Å². The van der Waals surface area contributed by atoms with Crippen LogP contribution in [0, 0.1) is 37.5 Å². The minimum atomic E-state index is -0.617. The van der Waals surface area contributed by atoms with Crippen molar-refractivity contribution in [3.63, 3.8) is 0 Å². The number of likely N-dealkylation sites (tertiary alicyclic amines) is 1. The number of carbonyl (C=O) groups excluding carboxylic acids is 4. The summed E-state index contributed by atoms with van der Waals surface area (Å²) in [4.78, 5) is 51.4. The molecule has 3 amide bonds. The van der Waals surface area contributed by atoms with Crippen molar-refractivity contribution in [3.05, 3.63) is 29.3 Å². The van der Waals surface area contributed by atoms with Crippen LogP contribution in [0.15, 0.2) is 18.2 Å². The van der Waals surface area contributed by atoms with Crippen LogP contribution in [-0.2, 0) is 23.9 Å². The SMILES string of the molecule is Cc1ccc(NC(=O)COC(=O)CCN2C(=O)[C@@H]3[C@H]4C[C@@H]([C@H](Br)[C@H]4Br)[C@H]3C2=O)c(C)c1. The highest BCUT2D eigenvalue weighted by atomic mass is 79.9. The van der Waals surface area contributed by atoms with Gasteiger partial charge >= 0.3 is 5.97 Å². The number of aryl methyl sites for hydroxylation is 2. The maximum atomic E-state index is 12.8. The number of anilines is 1. The smallest absolute Gasteiger partial charge is 0.308 e. The number of fused-ring (bicyclic) bond motifs is 5. The Hall–Kier alpha value is -1.74. The van der Waals surface area contributed by atoms with Gasteiger partial charge in [-0.2, -0.15) is 0 Å². The molecule has 0 aromatic heterocycles. The predicted octanol–water partition coefficient (Wildman–Crippen LogP) is 2.95. The van der Waals surface area contributed by atoms with E-state index in [1.54, 1.807) is 6.07 Å². The lowest BCUT2D eigenvalue weighted by molar-refractivity contribution is -0.149. The molecule has 1 heterocycles. The van der Waals surface area contributed by atoms with Crippen LogP contribution in [0.5, 0.6) is 0 Å². The predicted molar refractivity (Wildman–Crippen MR) is 121 cm³/mol. The number of imide groups is 1. The monoisotopic (exact) mass is 554 g/mol. The molecule has 3 fully saturated rings. The molecule has 0 spiro atoms. The van der Waals surface area contributed by atoms with E-state index in [4.69, 9.17) is 4.74 Å². The zero-order valence-electron chi connectivity index (χ0n) is 17.3. The highest BCUT2D eigenvalue weighted by Crippen LogP contribution is 2.60. The van der Waals surface area contributed by atoms with Crippen LogP contribution >= 0.6 is 31.9 Å². The van der Waals surface area contributed by atoms with Crippen LogP contribution in [0.3, 0.4) is 0 Å². The van der Waals surface area contributed by atoms with Crippen LogP contribution in [0.4, 0.5) is 5.69 Å². The van der Waals surface area contributed by atoms with E-state index in [1.807, 2.05) is 26.0 Å². The van der Waals surface area contributed by atoms with E-state index in [0.29, 0.717) is 5.69 Å². The number of carbonyl (C=O) groups is 4. The van der Waals surface area contributed by atoms with Crippen molar-refractivity contribution in [2.45, 2.75) is 36.3 Å². The lowest BCUT2D eigenvalue weighted by Crippen LogP contribution is -2.37. The summed E-state index contributed by atoms with van der Waals surface area (Å²) in [7, 11) is 0. The third-order valence-corrected chi connectivity index (χ3v) is 9.84. The van der Waals surface area contributed by atoms with Crippen molar-refractivity contribution in [1.29, 1.82) is 0 Å². The summed E-state index contributed by atoms with van der Waals surface area (Å²) in [6.45, 7) is 3.42. The second-order valence-electron chi connectivity index (χ2n) is 8.61. The zero-order chi connectivity index (χ0) is 22.4. The number of nitrogens with zero attached hydrogens (tertiary/aromatic N) is 1. The Morgan fingerprint density at radius 2 is 1.71 bits per heavy atom. The average molecular weight is 556 g/mol. The molecule has 9 heteroatoms. The van der Waals surface area contributed by atoms with Gasteiger partial charge in [0, 0.05) is 21.9 Å². The Morgan fingerprint density at radius 3 is 2.29 bits per heavy atom. The fourth-order valence-electron chi connectivity index (χ4n) is 5.19. The van der Waals surface area contributed by atoms with Gasteiger partial charge in [0.05, 0.1) is 18.3 Å². The molecule has 4 rings (SSSR count). The van der Waals surface area contributed by atoms with Crippen molar-refractivity contribution in [1.82, 2.24) is 4.90 Å². The average Bonchev–Trinajstić information content (AvgIpc) is 3.32. The summed E-state index contributed by atoms with van der Waals surface area (Å²) in [5.74, 6) is -1.74. The molecule has 3 aliphatic rings. The second-order valence-corrected chi connectivity index (χ2v) is 10.7. The zero-order valence-corrected chi connectivity index (χ0v) is 20.4. The number of alkyl halides is 2. The Kier molecular flexibility index (Phi) is 6.27. The van der Waals surface area contributed by atoms with Crippen LogP contribution < -0.4 is 5.32 Å². The van der Waals surface area contributed by atoms with Crippen LogP contribution in [0.25, 0.3) is 0 Å². The molecule has 0 radical (unpaired) electrons. The molecule has 1 N–H and O–H groups in total. The van der Waals surface area contributed by atoms with Gasteiger partial charge in [-0.25, -0.2) is 0 Å². The second kappa shape index (κ2) is 8.65. The fraction of sp³-hybridized carbons (Fsp3) is 0.545. The molecule has 2 saturated carbocycles. The van der Waals surface area contributed by atoms with Crippen LogP contribution in [-0.4, -0.2) is 51.4 Å². The first kappa shape index (κ1) is 22.5. The van der Waals surface area contributed by atoms with E-state index >= 15 is 0 Å². The molecule has 1 aromatic rings. The molecular formula is C22H24Br2N2O5. The number of ether oxygens (including phenoxy) is 1. The lowest BCUT2D eigenvalue weighted by Gasteiger charge is -2.28. The van der Waals surface area contributed by atoms with Crippen molar-refractivity contribution in [2.75, 3.05) is 18.5 Å². The number of halogens is 2. The number of esters is 1. The van der Waals surface area contributed by atoms with E-state index in [2.05, 4.69) is 37.2 Å². The van der Waals surface area contributed by atoms with Crippen molar-refractivity contribution in [2.24, 2.45) is 23.7 Å². The van der Waals surface area contributed by atoms with Gasteiger partial charge in [0.15, 0.2) is 6.61 Å². The van der Waals surface area contributed by atoms with Crippen molar-refractivity contribution in [3.8, 4) is 0 Å². The number of nitrogens with one attached hydrogen (secondary N) is 1. The molecule has 0 unspecified atom stereocenters. The molecule has 166 valence electrons. The van der Waals surface area contributed by atoms with Crippen molar-refractivity contribution < 1.29 is 23.9 Å². The fourth-order valence-corrected chi connectivity index (χ4v) is 7.07. The molecule has 1 saturated heterocycles. The number of amides is 3. The third-order valence-electron chi connectivity index (χ3n) is 6.64. The van der Waals surface area contributed by atoms with E-state index in [0.717, 1.165) is 17.5 Å². The third kappa shape index (κ3) is 4.06. The first-order chi connectivity index (χ1) is 14.7. The molecule has 31 heavy (non-hydrogen) atoms. The number of hydrogen-bond acceptors (Lipinski definition) is 5. The van der Waals surface area contributed by atoms with E-state index in [1.165, 1.54) is 4.90 Å². The first-order valence-corrected chi connectivity index (χ1v) is 12.2. The number of rotatable bonds is 6. The summed E-state index contributed by atoms with van der Waals surface area (Å²) in [5, 5.41) is 2.71. The maximum Gasteiger partial charge on any atom is 0.308 e. The van der Waals surface area contributed by atoms with Crippen molar-refractivity contribution >= 4 is 61.2 Å². The quantitative estimate of drug-likeness (QED) is 0.331. The highest BCUT2D eigenvalue weighted by molar-refractivity contribution is 9.12. The Labute approximate surface area is 197 Å². The summed E-state index contributed by atoms with van der Waals surface area (Å²) in [6, 6.07) is 5.63. The van der Waals surface area contributed by atoms with Gasteiger partial charge in [-0.1, -0.05) is 49.6 Å². The molecule has 1 aliphatic heterocycles. The largest absolute Gasteiger partial charge is 0.456 e. The van der Waals surface area contributed by atoms with Gasteiger partial charge in [0.2, 0.25) is 11.8 Å². The Balaban J connectivity index is 1.26. The van der Waals surface area contributed by atoms with E-state index in [-0.39, 0.29) is 58.1 Å². The molecular weight excluding hydrogens is 532 g/mol. The summed E-state index contributed by atoms with van der Waals surface area (Å²) >= 11 is 7.30. The standard InChI is InChI=1S/C22H24Br2N2O5/c1-10-3-4-14(11(2)7-10)25-15(27)9-31-16(28)5-6-26-21(29)17-12-8-13(18(17)22(26)30)20(24)19(12)23/h3-4,7,12-13,17-20H,5-6,8-9H2,1-2H3,(H,25,27)/t12-,13-,17-,18-,19+,20+/m1/s1. The topological polar surface area (TPSA) is 92.8 Å². The van der Waals surface area contributed by atoms with Gasteiger partial charge in [-0.15, -0.1) is 0 Å². The normalized spacial score (nSPS) is 31.2. The minimum Gasteiger partial charge on any atom is -0.456 e. The molecule has 2 bridgehead atoms. The summed E-state index contributed by atoms with van der Waals surface area (Å²) < 4.78 is 5.04. The minimum absolute atomic E-state index is 0.0124. The van der Waals surface area contributed by atoms with Gasteiger partial charge in [-0.05, 0) is 43.7 Å². The molecule has 7 nitrogen and oxygen atoms in total. The van der Waals surface area contributed by atoms with Gasteiger partial charge in [0.25, 0.3) is 5.91 Å². The van der Waals surface area contributed by atoms with Crippen LogP contribution in [0.1, 0.15) is 24.0 Å². The number of benzene rings is 1. The van der Waals surface area contributed by atoms with E-state index in [9.17, 15) is 19.2 Å². The highest BCUT2D eigenvalue weighted by Gasteiger charge is 2.66. The Bertz CT molecular complexity index is 920. The molecule has 6 atom stereocenters. The summed E-state index contributed by atoms with van der Waals surface area (Å²) in [6.07, 6.45) is 0.739. The van der Waals surface area contributed by atoms with Crippen LogP contribution in [0.2, 0.25) is 0 Å². The van der Waals surface area contributed by atoms with Gasteiger partial charge in [-0.3, -0.25) is 24.1 Å². The van der Waals surface area contributed by atoms with Gasteiger partial charge in [0.1, 0.15) is 0 Å². The Morgan fingerprint density at radius 1 is 1.10 bits per heavy atom.